The van der Waals surface area contributed by atoms with Crippen LogP contribution in [0.5, 0.6) is 0 Å². The predicted molar refractivity (Wildman–Crippen MR) is 91.5 cm³/mol. The van der Waals surface area contributed by atoms with Crippen molar-refractivity contribution in [1.29, 1.82) is 0 Å². The lowest BCUT2D eigenvalue weighted by Gasteiger charge is -2.28. The molecule has 4 rings (SSSR count). The summed E-state index contributed by atoms with van der Waals surface area (Å²) < 4.78 is 0. The smallest absolute Gasteiger partial charge is 0.266 e. The zero-order valence-corrected chi connectivity index (χ0v) is 14.3. The number of nitrogens with one attached hydrogen (secondary N) is 1. The van der Waals surface area contributed by atoms with Gasteiger partial charge in [0.25, 0.3) is 11.8 Å². The van der Waals surface area contributed by atoms with E-state index in [1.54, 1.807) is 0 Å². The standard InChI is InChI=1S/C18H14Cl2N2O2/c19-15-7-13-14(8-16(15)20)18(24)22(17(13)23)10-21-6-5-11-3-1-2-4-12(11)9-21/h1-4,7-8H,5-6,9-10H2/p+1. The largest absolute Gasteiger partial charge is 0.313 e. The summed E-state index contributed by atoms with van der Waals surface area (Å²) >= 11 is 12.0. The van der Waals surface area contributed by atoms with Crippen molar-refractivity contribution in [1.82, 2.24) is 4.90 Å². The number of nitrogens with zero attached hydrogens (tertiary/aromatic N) is 1. The van der Waals surface area contributed by atoms with Gasteiger partial charge in [-0.05, 0) is 17.7 Å². The van der Waals surface area contributed by atoms with Gasteiger partial charge in [0.2, 0.25) is 0 Å². The molecule has 1 N–H and O–H groups in total. The van der Waals surface area contributed by atoms with Crippen LogP contribution in [0.3, 0.4) is 0 Å². The topological polar surface area (TPSA) is 41.8 Å². The van der Waals surface area contributed by atoms with Crippen LogP contribution in [0.4, 0.5) is 0 Å². The number of amides is 2. The average molecular weight is 362 g/mol. The van der Waals surface area contributed by atoms with E-state index in [1.165, 1.54) is 33.1 Å². The molecule has 24 heavy (non-hydrogen) atoms. The summed E-state index contributed by atoms with van der Waals surface area (Å²) in [6.07, 6.45) is 0.951. The van der Waals surface area contributed by atoms with Gasteiger partial charge in [-0.1, -0.05) is 47.5 Å². The highest BCUT2D eigenvalue weighted by Crippen LogP contribution is 2.31. The van der Waals surface area contributed by atoms with Crippen LogP contribution in [0.25, 0.3) is 0 Å². The molecule has 0 spiro atoms. The van der Waals surface area contributed by atoms with E-state index >= 15 is 0 Å². The zero-order valence-electron chi connectivity index (χ0n) is 12.8. The van der Waals surface area contributed by atoms with E-state index in [0.29, 0.717) is 17.8 Å². The number of hydrogen-bond donors (Lipinski definition) is 1. The highest BCUT2D eigenvalue weighted by Gasteiger charge is 2.39. The number of carbonyl (C=O) groups excluding carboxylic acids is 2. The molecule has 2 heterocycles. The summed E-state index contributed by atoms with van der Waals surface area (Å²) in [6.45, 7) is 2.06. The second-order valence-corrected chi connectivity index (χ2v) is 7.02. The minimum Gasteiger partial charge on any atom is -0.313 e. The Hall–Kier alpha value is -1.88. The number of benzene rings is 2. The van der Waals surface area contributed by atoms with E-state index in [-0.39, 0.29) is 21.9 Å². The first kappa shape index (κ1) is 15.6. The molecule has 0 bridgehead atoms. The summed E-state index contributed by atoms with van der Waals surface area (Å²) in [5.41, 5.74) is 3.31. The van der Waals surface area contributed by atoms with Gasteiger partial charge in [0.15, 0.2) is 6.67 Å². The third-order valence-corrected chi connectivity index (χ3v) is 5.42. The molecule has 1 atom stereocenters. The molecule has 2 aromatic rings. The van der Waals surface area contributed by atoms with Gasteiger partial charge >= 0.3 is 0 Å². The monoisotopic (exact) mass is 361 g/mol. The van der Waals surface area contributed by atoms with E-state index < -0.39 is 0 Å². The summed E-state index contributed by atoms with van der Waals surface area (Å²) in [4.78, 5) is 27.7. The van der Waals surface area contributed by atoms with E-state index in [9.17, 15) is 9.59 Å². The Labute approximate surface area is 149 Å². The number of rotatable bonds is 2. The molecule has 2 amide bonds. The van der Waals surface area contributed by atoms with Crippen molar-refractivity contribution < 1.29 is 14.5 Å². The molecule has 2 aliphatic rings. The van der Waals surface area contributed by atoms with Gasteiger partial charge in [0.05, 0.1) is 27.7 Å². The van der Waals surface area contributed by atoms with Crippen LogP contribution in [-0.4, -0.2) is 29.9 Å². The Morgan fingerprint density at radius 3 is 2.17 bits per heavy atom. The Bertz CT molecular complexity index is 825. The van der Waals surface area contributed by atoms with Gasteiger partial charge in [0.1, 0.15) is 6.54 Å². The molecule has 122 valence electrons. The molecule has 2 aliphatic heterocycles. The number of hydrogen-bond acceptors (Lipinski definition) is 2. The van der Waals surface area contributed by atoms with Crippen molar-refractivity contribution >= 4 is 35.0 Å². The van der Waals surface area contributed by atoms with E-state index in [0.717, 1.165) is 19.5 Å². The van der Waals surface area contributed by atoms with Crippen molar-refractivity contribution in [2.45, 2.75) is 13.0 Å². The van der Waals surface area contributed by atoms with Crippen LogP contribution in [0, 0.1) is 0 Å². The minimum atomic E-state index is -0.292. The maximum absolute atomic E-state index is 12.6. The number of quaternary nitrogens is 1. The van der Waals surface area contributed by atoms with E-state index in [2.05, 4.69) is 12.1 Å². The second-order valence-electron chi connectivity index (χ2n) is 6.20. The Balaban J connectivity index is 1.56. The van der Waals surface area contributed by atoms with Crippen LogP contribution in [0.1, 0.15) is 31.8 Å². The predicted octanol–water partition coefficient (Wildman–Crippen LogP) is 2.19. The SMILES string of the molecule is O=C1c2cc(Cl)c(Cl)cc2C(=O)N1C[NH+]1CCc2ccccc2C1. The fourth-order valence-electron chi connectivity index (χ4n) is 3.43. The molecule has 0 aromatic heterocycles. The summed E-state index contributed by atoms with van der Waals surface area (Å²) in [7, 11) is 0. The molecule has 6 heteroatoms. The maximum Gasteiger partial charge on any atom is 0.266 e. The van der Waals surface area contributed by atoms with Crippen LogP contribution in [-0.2, 0) is 13.0 Å². The highest BCUT2D eigenvalue weighted by molar-refractivity contribution is 6.43. The molecular weight excluding hydrogens is 347 g/mol. The van der Waals surface area contributed by atoms with Crippen LogP contribution in [0.2, 0.25) is 10.0 Å². The molecule has 0 saturated carbocycles. The van der Waals surface area contributed by atoms with Crippen LogP contribution < -0.4 is 4.90 Å². The Morgan fingerprint density at radius 1 is 0.958 bits per heavy atom. The molecular formula is C18H15Cl2N2O2+. The van der Waals surface area contributed by atoms with Gasteiger partial charge in [0, 0.05) is 12.0 Å². The zero-order chi connectivity index (χ0) is 16.8. The van der Waals surface area contributed by atoms with Gasteiger partial charge in [-0.25, -0.2) is 4.90 Å². The Kier molecular flexibility index (Phi) is 3.83. The molecule has 0 aliphatic carbocycles. The van der Waals surface area contributed by atoms with Crippen molar-refractivity contribution in [2.24, 2.45) is 0 Å². The first-order chi connectivity index (χ1) is 11.5. The maximum atomic E-state index is 12.6. The fraction of sp³-hybridized carbons (Fsp3) is 0.222. The first-order valence-corrected chi connectivity index (χ1v) is 8.56. The third-order valence-electron chi connectivity index (χ3n) is 4.70. The lowest BCUT2D eigenvalue weighted by atomic mass is 10.0. The number of halogens is 2. The van der Waals surface area contributed by atoms with Crippen LogP contribution >= 0.6 is 23.2 Å². The van der Waals surface area contributed by atoms with Crippen LogP contribution in [0.15, 0.2) is 36.4 Å². The number of fused-ring (bicyclic) bond motifs is 2. The van der Waals surface area contributed by atoms with Crippen molar-refractivity contribution in [3.05, 3.63) is 68.7 Å². The number of imide groups is 1. The summed E-state index contributed by atoms with van der Waals surface area (Å²) in [5.74, 6) is -0.583. The third kappa shape index (κ3) is 2.51. The van der Waals surface area contributed by atoms with Crippen molar-refractivity contribution in [3.8, 4) is 0 Å². The average Bonchev–Trinajstić information content (AvgIpc) is 2.80. The molecule has 0 saturated heterocycles. The van der Waals surface area contributed by atoms with E-state index in [4.69, 9.17) is 23.2 Å². The van der Waals surface area contributed by atoms with Gasteiger partial charge in [-0.15, -0.1) is 0 Å². The molecule has 2 aromatic carbocycles. The van der Waals surface area contributed by atoms with Crippen molar-refractivity contribution in [2.75, 3.05) is 13.2 Å². The van der Waals surface area contributed by atoms with Gasteiger partial charge in [-0.3, -0.25) is 9.59 Å². The fourth-order valence-corrected chi connectivity index (χ4v) is 3.76. The normalized spacial score (nSPS) is 19.4. The Morgan fingerprint density at radius 2 is 1.54 bits per heavy atom. The molecule has 1 unspecified atom stereocenters. The first-order valence-electron chi connectivity index (χ1n) is 7.80. The second kappa shape index (κ2) is 5.88. The molecule has 0 fully saturated rings. The lowest BCUT2D eigenvalue weighted by Crippen LogP contribution is -3.13. The summed E-state index contributed by atoms with van der Waals surface area (Å²) in [5, 5.41) is 0.579. The lowest BCUT2D eigenvalue weighted by molar-refractivity contribution is -0.922. The minimum absolute atomic E-state index is 0.290. The van der Waals surface area contributed by atoms with Gasteiger partial charge in [-0.2, -0.15) is 0 Å². The quantitative estimate of drug-likeness (QED) is 0.833. The van der Waals surface area contributed by atoms with E-state index in [1.807, 2.05) is 12.1 Å². The summed E-state index contributed by atoms with van der Waals surface area (Å²) in [6, 6.07) is 11.3. The number of carbonyl (C=O) groups is 2. The molecule has 0 radical (unpaired) electrons. The van der Waals surface area contributed by atoms with Crippen molar-refractivity contribution in [3.63, 3.8) is 0 Å². The molecule has 4 nitrogen and oxygen atoms in total. The highest BCUT2D eigenvalue weighted by atomic mass is 35.5. The van der Waals surface area contributed by atoms with Gasteiger partial charge < -0.3 is 4.90 Å².